The number of esters is 1. The minimum atomic E-state index is -5.78. The summed E-state index contributed by atoms with van der Waals surface area (Å²) in [6.07, 6.45) is -5.50. The zero-order valence-corrected chi connectivity index (χ0v) is 20.3. The topological polar surface area (TPSA) is 290 Å². The van der Waals surface area contributed by atoms with Crippen molar-refractivity contribution in [2.24, 2.45) is 0 Å². The molecule has 1 aromatic heterocycles. The van der Waals surface area contributed by atoms with Crippen LogP contribution in [-0.4, -0.2) is 71.4 Å². The van der Waals surface area contributed by atoms with Crippen molar-refractivity contribution < 1.29 is 70.6 Å². The number of hydrogen-bond donors (Lipinski definition) is 7. The molecule has 19 nitrogen and oxygen atoms in total. The van der Waals surface area contributed by atoms with Crippen molar-refractivity contribution in [3.05, 3.63) is 22.1 Å². The molecule has 1 amide bonds. The molecule has 1 aromatic rings. The maximum absolute atomic E-state index is 12.4. The van der Waals surface area contributed by atoms with E-state index in [1.807, 2.05) is 0 Å². The van der Waals surface area contributed by atoms with Gasteiger partial charge in [0.2, 0.25) is 11.9 Å². The number of nitrogens with zero attached hydrogens (tertiary/aromatic N) is 1. The zero-order chi connectivity index (χ0) is 26.8. The number of carbonyl (C=O) groups is 2. The lowest BCUT2D eigenvalue weighted by Gasteiger charge is -2.20. The molecule has 4 unspecified atom stereocenters. The Morgan fingerprint density at radius 1 is 1.14 bits per heavy atom. The van der Waals surface area contributed by atoms with Crippen molar-refractivity contribution in [2.45, 2.75) is 38.3 Å². The number of rotatable bonds is 10. The van der Waals surface area contributed by atoms with Crippen LogP contribution in [0.3, 0.4) is 0 Å². The standard InChI is InChI=1S/C13H20N3O16P3/c1-5(17)15-13-14-3-7(12(20)16-13)10-11(29-6(2)18)9(19)8(30-10)4-28-34(24,25)32-35(26,27)31-33(21,22)23/h3,8-11,19H,4H2,1-2H3,(H,24,25)(H,26,27)(H2,21,22,23)(H2,14,15,16,17,20)/t8-,9?,10+,11?/m1/s1. The van der Waals surface area contributed by atoms with Crippen molar-refractivity contribution in [1.82, 2.24) is 9.97 Å². The number of ether oxygens (including phenoxy) is 2. The summed E-state index contributed by atoms with van der Waals surface area (Å²) in [4.78, 5) is 76.8. The minimum absolute atomic E-state index is 0.224. The molecule has 0 aromatic carbocycles. The predicted molar refractivity (Wildman–Crippen MR) is 108 cm³/mol. The first-order valence-electron chi connectivity index (χ1n) is 9.05. The lowest BCUT2D eigenvalue weighted by Crippen LogP contribution is -2.36. The average molecular weight is 567 g/mol. The van der Waals surface area contributed by atoms with Crippen molar-refractivity contribution in [2.75, 3.05) is 11.9 Å². The molecule has 1 saturated heterocycles. The van der Waals surface area contributed by atoms with Gasteiger partial charge in [-0.15, -0.1) is 0 Å². The first kappa shape index (κ1) is 29.4. The average Bonchev–Trinajstić information content (AvgIpc) is 2.92. The largest absolute Gasteiger partial charge is 0.490 e. The van der Waals surface area contributed by atoms with Crippen molar-refractivity contribution >= 4 is 41.3 Å². The van der Waals surface area contributed by atoms with E-state index in [4.69, 9.17) is 24.2 Å². The van der Waals surface area contributed by atoms with Gasteiger partial charge in [0.15, 0.2) is 6.10 Å². The molecule has 1 aliphatic heterocycles. The third-order valence-electron chi connectivity index (χ3n) is 3.89. The van der Waals surface area contributed by atoms with Gasteiger partial charge < -0.3 is 34.2 Å². The van der Waals surface area contributed by atoms with Gasteiger partial charge >= 0.3 is 29.4 Å². The summed E-state index contributed by atoms with van der Waals surface area (Å²) in [7, 11) is -16.9. The maximum Gasteiger partial charge on any atom is 0.490 e. The summed E-state index contributed by atoms with van der Waals surface area (Å²) in [6, 6.07) is 0. The van der Waals surface area contributed by atoms with E-state index in [0.29, 0.717) is 0 Å². The highest BCUT2D eigenvalue weighted by molar-refractivity contribution is 7.66. The van der Waals surface area contributed by atoms with Crippen LogP contribution in [0.4, 0.5) is 5.95 Å². The second kappa shape index (κ2) is 11.0. The lowest BCUT2D eigenvalue weighted by atomic mass is 10.0. The summed E-state index contributed by atoms with van der Waals surface area (Å²) < 4.78 is 55.9. The number of nitrogens with one attached hydrogen (secondary N) is 2. The Hall–Kier alpha value is -1.85. The number of hydrogen-bond acceptors (Lipinski definition) is 13. The Bertz CT molecular complexity index is 1160. The summed E-state index contributed by atoms with van der Waals surface area (Å²) in [5.74, 6) is -1.67. The van der Waals surface area contributed by atoms with E-state index in [2.05, 4.69) is 28.4 Å². The number of aliphatic hydroxyl groups excluding tert-OH is 1. The molecule has 198 valence electrons. The Kier molecular flexibility index (Phi) is 9.27. The van der Waals surface area contributed by atoms with Gasteiger partial charge in [0.05, 0.1) is 12.2 Å². The van der Waals surface area contributed by atoms with Crippen LogP contribution >= 0.6 is 23.5 Å². The Morgan fingerprint density at radius 2 is 1.77 bits per heavy atom. The Balaban J connectivity index is 2.20. The van der Waals surface area contributed by atoms with Gasteiger partial charge in [-0.2, -0.15) is 8.62 Å². The number of amides is 1. The van der Waals surface area contributed by atoms with Crippen LogP contribution in [-0.2, 0) is 45.9 Å². The fourth-order valence-electron chi connectivity index (χ4n) is 2.76. The Labute approximate surface area is 194 Å². The molecule has 7 N–H and O–H groups in total. The van der Waals surface area contributed by atoms with E-state index in [1.165, 1.54) is 0 Å². The van der Waals surface area contributed by atoms with Crippen LogP contribution in [0.5, 0.6) is 0 Å². The number of aliphatic hydroxyl groups is 1. The summed E-state index contributed by atoms with van der Waals surface area (Å²) in [5, 5.41) is 12.7. The molecule has 0 aliphatic carbocycles. The van der Waals surface area contributed by atoms with Crippen LogP contribution in [0.2, 0.25) is 0 Å². The van der Waals surface area contributed by atoms with Gasteiger partial charge in [-0.3, -0.25) is 29.2 Å². The highest BCUT2D eigenvalue weighted by Gasteiger charge is 2.49. The smallest absolute Gasteiger partial charge is 0.457 e. The predicted octanol–water partition coefficient (Wildman–Crippen LogP) is -1.20. The highest BCUT2D eigenvalue weighted by atomic mass is 31.3. The third kappa shape index (κ3) is 8.95. The molecule has 1 aliphatic rings. The molecule has 22 heteroatoms. The van der Waals surface area contributed by atoms with Gasteiger partial charge in [-0.25, -0.2) is 18.7 Å². The molecule has 1 fully saturated rings. The summed E-state index contributed by atoms with van der Waals surface area (Å²) >= 11 is 0. The molecule has 0 radical (unpaired) electrons. The lowest BCUT2D eigenvalue weighted by molar-refractivity contribution is -0.153. The van der Waals surface area contributed by atoms with Gasteiger partial charge in [0, 0.05) is 20.0 Å². The molecule has 0 bridgehead atoms. The second-order valence-electron chi connectivity index (χ2n) is 6.74. The molecule has 35 heavy (non-hydrogen) atoms. The van der Waals surface area contributed by atoms with E-state index in [1.54, 1.807) is 0 Å². The maximum atomic E-state index is 12.4. The molecular weight excluding hydrogens is 547 g/mol. The van der Waals surface area contributed by atoms with Gasteiger partial charge in [0.1, 0.15) is 18.3 Å². The number of aromatic amines is 1. The molecule has 6 atom stereocenters. The highest BCUT2D eigenvalue weighted by Crippen LogP contribution is 2.66. The molecular formula is C13H20N3O16P3. The number of phosphoric acid groups is 3. The number of phosphoric ester groups is 1. The van der Waals surface area contributed by atoms with Crippen molar-refractivity contribution in [3.63, 3.8) is 0 Å². The van der Waals surface area contributed by atoms with Gasteiger partial charge in [-0.1, -0.05) is 0 Å². The molecule has 0 saturated carbocycles. The van der Waals surface area contributed by atoms with Crippen LogP contribution in [0.15, 0.2) is 11.0 Å². The summed E-state index contributed by atoms with van der Waals surface area (Å²) in [6.45, 7) is 1.06. The fraction of sp³-hybridized carbons (Fsp3) is 0.538. The fourth-order valence-corrected chi connectivity index (χ4v) is 5.79. The minimum Gasteiger partial charge on any atom is -0.457 e. The molecule has 0 spiro atoms. The molecule has 2 rings (SSSR count). The number of carbonyl (C=O) groups excluding carboxylic acids is 2. The SMILES string of the molecule is CC(=O)Nc1ncc([C@@H]2O[C@H](COP(=O)(O)OP(=O)(O)OP(=O)(O)O)C(O)C2OC(C)=O)c(=O)[nH]1. The van der Waals surface area contributed by atoms with Crippen LogP contribution in [0.1, 0.15) is 25.5 Å². The normalized spacial score (nSPS) is 25.9. The summed E-state index contributed by atoms with van der Waals surface area (Å²) in [5.41, 5.74) is -1.16. The van der Waals surface area contributed by atoms with E-state index in [0.717, 1.165) is 20.0 Å². The zero-order valence-electron chi connectivity index (χ0n) is 17.6. The van der Waals surface area contributed by atoms with E-state index >= 15 is 0 Å². The van der Waals surface area contributed by atoms with E-state index in [-0.39, 0.29) is 11.5 Å². The van der Waals surface area contributed by atoms with Crippen LogP contribution in [0.25, 0.3) is 0 Å². The van der Waals surface area contributed by atoms with Gasteiger partial charge in [-0.05, 0) is 0 Å². The first-order chi connectivity index (χ1) is 15.9. The molecule has 2 heterocycles. The first-order valence-corrected chi connectivity index (χ1v) is 13.6. The number of H-pyrrole nitrogens is 1. The third-order valence-corrected chi connectivity index (χ3v) is 7.69. The number of anilines is 1. The van der Waals surface area contributed by atoms with Gasteiger partial charge in [0.25, 0.3) is 5.56 Å². The quantitative estimate of drug-likeness (QED) is 0.129. The Morgan fingerprint density at radius 3 is 2.29 bits per heavy atom. The monoisotopic (exact) mass is 567 g/mol. The van der Waals surface area contributed by atoms with Crippen LogP contribution in [0, 0.1) is 0 Å². The second-order valence-corrected chi connectivity index (χ2v) is 11.2. The van der Waals surface area contributed by atoms with Crippen molar-refractivity contribution in [1.29, 1.82) is 0 Å². The van der Waals surface area contributed by atoms with E-state index in [9.17, 15) is 38.1 Å². The van der Waals surface area contributed by atoms with Crippen molar-refractivity contribution in [3.8, 4) is 0 Å². The van der Waals surface area contributed by atoms with Crippen LogP contribution < -0.4 is 10.9 Å². The number of aromatic nitrogens is 2. The van der Waals surface area contributed by atoms with E-state index < -0.39 is 71.9 Å².